The van der Waals surface area contributed by atoms with Crippen molar-refractivity contribution in [2.24, 2.45) is 4.99 Å². The van der Waals surface area contributed by atoms with Crippen molar-refractivity contribution in [1.82, 2.24) is 20.3 Å². The molecule has 0 bridgehead atoms. The predicted molar refractivity (Wildman–Crippen MR) is 110 cm³/mol. The second-order valence-electron chi connectivity index (χ2n) is 6.14. The molecule has 1 aromatic heterocycles. The fourth-order valence-corrected chi connectivity index (χ4v) is 3.00. The molecule has 3 rings (SSSR count). The Hall–Kier alpha value is -1.61. The Morgan fingerprint density at radius 1 is 1.24 bits per heavy atom. The van der Waals surface area contributed by atoms with E-state index in [4.69, 9.17) is 4.52 Å². The van der Waals surface area contributed by atoms with Crippen LogP contribution in [0.2, 0.25) is 0 Å². The van der Waals surface area contributed by atoms with Gasteiger partial charge in [0, 0.05) is 52.4 Å². The number of guanidine groups is 1. The Labute approximate surface area is 166 Å². The van der Waals surface area contributed by atoms with E-state index in [1.54, 1.807) is 6.26 Å². The minimum Gasteiger partial charge on any atom is -0.364 e. The summed E-state index contributed by atoms with van der Waals surface area (Å²) in [4.78, 5) is 9.14. The number of nitrogens with one attached hydrogen (secondary N) is 1. The molecule has 0 unspecified atom stereocenters. The lowest BCUT2D eigenvalue weighted by Gasteiger charge is -2.36. The smallest absolute Gasteiger partial charge is 0.194 e. The maximum atomic E-state index is 4.90. The summed E-state index contributed by atoms with van der Waals surface area (Å²) in [6.07, 6.45) is 1.63. The van der Waals surface area contributed by atoms with Crippen LogP contribution in [0.4, 0.5) is 0 Å². The topological polar surface area (TPSA) is 56.9 Å². The highest BCUT2D eigenvalue weighted by Gasteiger charge is 2.20. The zero-order valence-corrected chi connectivity index (χ0v) is 17.1. The summed E-state index contributed by atoms with van der Waals surface area (Å²) in [5.41, 5.74) is 3.55. The van der Waals surface area contributed by atoms with Gasteiger partial charge in [0.25, 0.3) is 0 Å². The van der Waals surface area contributed by atoms with E-state index in [1.165, 1.54) is 11.1 Å². The van der Waals surface area contributed by atoms with Gasteiger partial charge in [-0.1, -0.05) is 35.0 Å². The van der Waals surface area contributed by atoms with E-state index in [-0.39, 0.29) is 24.0 Å². The van der Waals surface area contributed by atoms with Crippen LogP contribution in [0.25, 0.3) is 0 Å². The number of aryl methyl sites for hydroxylation is 1. The van der Waals surface area contributed by atoms with Crippen LogP contribution in [0.3, 0.4) is 0 Å². The molecule has 0 saturated carbocycles. The highest BCUT2D eigenvalue weighted by atomic mass is 127. The van der Waals surface area contributed by atoms with Gasteiger partial charge in [0.1, 0.15) is 6.26 Å². The van der Waals surface area contributed by atoms with E-state index < -0.39 is 0 Å². The molecule has 1 fully saturated rings. The van der Waals surface area contributed by atoms with Crippen molar-refractivity contribution in [3.05, 3.63) is 53.4 Å². The number of hydrogen-bond acceptors (Lipinski definition) is 4. The molecule has 7 heteroatoms. The lowest BCUT2D eigenvalue weighted by molar-refractivity contribution is 0.169. The van der Waals surface area contributed by atoms with Gasteiger partial charge in [-0.05, 0) is 12.5 Å². The first-order valence-electron chi connectivity index (χ1n) is 8.37. The number of aliphatic imine (C=N–C) groups is 1. The van der Waals surface area contributed by atoms with E-state index in [9.17, 15) is 0 Å². The van der Waals surface area contributed by atoms with Crippen molar-refractivity contribution in [2.75, 3.05) is 33.2 Å². The molecule has 0 radical (unpaired) electrons. The highest BCUT2D eigenvalue weighted by Crippen LogP contribution is 2.08. The molecule has 2 heterocycles. The van der Waals surface area contributed by atoms with E-state index in [1.807, 2.05) is 13.1 Å². The molecule has 1 saturated heterocycles. The molecule has 0 spiro atoms. The predicted octanol–water partition coefficient (Wildman–Crippen LogP) is 2.49. The summed E-state index contributed by atoms with van der Waals surface area (Å²) in [5.74, 6) is 0.970. The number of aromatic nitrogens is 1. The molecule has 2 aromatic rings. The second kappa shape index (κ2) is 9.76. The van der Waals surface area contributed by atoms with Crippen molar-refractivity contribution in [3.8, 4) is 0 Å². The van der Waals surface area contributed by atoms with Crippen molar-refractivity contribution >= 4 is 29.9 Å². The highest BCUT2D eigenvalue weighted by molar-refractivity contribution is 14.0. The molecule has 6 nitrogen and oxygen atoms in total. The Balaban J connectivity index is 0.00000225. The lowest BCUT2D eigenvalue weighted by Crippen LogP contribution is -2.52. The average Bonchev–Trinajstić information content (AvgIpc) is 3.10. The fourth-order valence-electron chi connectivity index (χ4n) is 3.00. The van der Waals surface area contributed by atoms with Gasteiger partial charge in [-0.3, -0.25) is 9.89 Å². The number of piperazine rings is 1. The van der Waals surface area contributed by atoms with Crippen LogP contribution in [-0.4, -0.2) is 54.1 Å². The zero-order chi connectivity index (χ0) is 16.8. The Kier molecular flexibility index (Phi) is 7.70. The Morgan fingerprint density at radius 3 is 2.68 bits per heavy atom. The second-order valence-corrected chi connectivity index (χ2v) is 6.14. The Bertz CT molecular complexity index is 666. The van der Waals surface area contributed by atoms with Crippen LogP contribution < -0.4 is 5.32 Å². The third-order valence-electron chi connectivity index (χ3n) is 4.29. The minimum atomic E-state index is 0. The molecular formula is C18H26IN5O. The van der Waals surface area contributed by atoms with Crippen LogP contribution in [0, 0.1) is 6.92 Å². The van der Waals surface area contributed by atoms with Crippen molar-refractivity contribution in [1.29, 1.82) is 0 Å². The summed E-state index contributed by atoms with van der Waals surface area (Å²) in [5, 5.41) is 7.46. The number of rotatable bonds is 4. The first-order valence-corrected chi connectivity index (χ1v) is 8.37. The number of nitrogens with zero attached hydrogens (tertiary/aromatic N) is 4. The van der Waals surface area contributed by atoms with Crippen molar-refractivity contribution in [2.45, 2.75) is 20.0 Å². The van der Waals surface area contributed by atoms with Crippen LogP contribution in [0.1, 0.15) is 16.8 Å². The molecule has 1 aliphatic rings. The summed E-state index contributed by atoms with van der Waals surface area (Å²) >= 11 is 0. The fraction of sp³-hybridized carbons (Fsp3) is 0.444. The minimum absolute atomic E-state index is 0. The molecule has 136 valence electrons. The van der Waals surface area contributed by atoms with E-state index in [0.717, 1.165) is 50.9 Å². The van der Waals surface area contributed by atoms with Gasteiger partial charge in [-0.2, -0.15) is 0 Å². The molecule has 0 amide bonds. The third kappa shape index (κ3) is 5.71. The number of halogens is 1. The molecule has 0 aliphatic carbocycles. The van der Waals surface area contributed by atoms with Crippen LogP contribution >= 0.6 is 24.0 Å². The summed E-state index contributed by atoms with van der Waals surface area (Å²) in [6.45, 7) is 7.69. The molecule has 1 aliphatic heterocycles. The first-order chi connectivity index (χ1) is 11.7. The molecule has 1 aromatic carbocycles. The normalized spacial score (nSPS) is 15.8. The molecule has 1 N–H and O–H groups in total. The summed E-state index contributed by atoms with van der Waals surface area (Å²) < 4.78 is 4.90. The van der Waals surface area contributed by atoms with Gasteiger partial charge in [0.2, 0.25) is 0 Å². The SMILES string of the molecule is CN=C(NCc1cccc(C)c1)N1CCN(Cc2ccon2)CC1.I. The Morgan fingerprint density at radius 2 is 2.04 bits per heavy atom. The largest absolute Gasteiger partial charge is 0.364 e. The first kappa shape index (κ1) is 19.7. The summed E-state index contributed by atoms with van der Waals surface area (Å²) in [6, 6.07) is 10.5. The van der Waals surface area contributed by atoms with Gasteiger partial charge < -0.3 is 14.7 Å². The van der Waals surface area contributed by atoms with Crippen molar-refractivity contribution < 1.29 is 4.52 Å². The molecule has 0 atom stereocenters. The van der Waals surface area contributed by atoms with E-state index in [2.05, 4.69) is 56.5 Å². The maximum Gasteiger partial charge on any atom is 0.194 e. The number of hydrogen-bond donors (Lipinski definition) is 1. The van der Waals surface area contributed by atoms with E-state index >= 15 is 0 Å². The van der Waals surface area contributed by atoms with Gasteiger partial charge in [0.15, 0.2) is 5.96 Å². The maximum absolute atomic E-state index is 4.90. The standard InChI is InChI=1S/C18H25N5O.HI/c1-15-4-3-5-16(12-15)13-20-18(19-2)23-9-7-22(8-10-23)14-17-6-11-24-21-17;/h3-6,11-12H,7-10,13-14H2,1-2H3,(H,19,20);1H. The number of benzene rings is 1. The molecule has 25 heavy (non-hydrogen) atoms. The average molecular weight is 455 g/mol. The van der Waals surface area contributed by atoms with Gasteiger partial charge in [-0.15, -0.1) is 24.0 Å². The van der Waals surface area contributed by atoms with Gasteiger partial charge >= 0.3 is 0 Å². The van der Waals surface area contributed by atoms with Crippen LogP contribution in [0.5, 0.6) is 0 Å². The summed E-state index contributed by atoms with van der Waals surface area (Å²) in [7, 11) is 1.85. The zero-order valence-electron chi connectivity index (χ0n) is 14.8. The monoisotopic (exact) mass is 455 g/mol. The lowest BCUT2D eigenvalue weighted by atomic mass is 10.1. The third-order valence-corrected chi connectivity index (χ3v) is 4.29. The van der Waals surface area contributed by atoms with Crippen LogP contribution in [-0.2, 0) is 13.1 Å². The van der Waals surface area contributed by atoms with E-state index in [0.29, 0.717) is 0 Å². The molecular weight excluding hydrogens is 429 g/mol. The quantitative estimate of drug-likeness (QED) is 0.436. The van der Waals surface area contributed by atoms with Gasteiger partial charge in [0.05, 0.1) is 5.69 Å². The van der Waals surface area contributed by atoms with Crippen LogP contribution in [0.15, 0.2) is 46.1 Å². The van der Waals surface area contributed by atoms with Gasteiger partial charge in [-0.25, -0.2) is 0 Å². The van der Waals surface area contributed by atoms with Crippen molar-refractivity contribution in [3.63, 3.8) is 0 Å².